The molecule has 2 atom stereocenters. The van der Waals surface area contributed by atoms with E-state index in [4.69, 9.17) is 27.9 Å². The number of benzene rings is 1. The van der Waals surface area contributed by atoms with Crippen LogP contribution >= 0.6 is 23.2 Å². The van der Waals surface area contributed by atoms with Crippen LogP contribution in [0.4, 0.5) is 0 Å². The summed E-state index contributed by atoms with van der Waals surface area (Å²) in [6, 6.07) is 4.85. The van der Waals surface area contributed by atoms with Crippen molar-refractivity contribution < 1.29 is 9.53 Å². The van der Waals surface area contributed by atoms with Crippen molar-refractivity contribution in [3.05, 3.63) is 33.8 Å². The highest BCUT2D eigenvalue weighted by Crippen LogP contribution is 2.27. The van der Waals surface area contributed by atoms with Gasteiger partial charge < -0.3 is 10.1 Å². The van der Waals surface area contributed by atoms with Crippen LogP contribution in [0.2, 0.25) is 10.0 Å². The maximum atomic E-state index is 12.2. The first-order valence-corrected chi connectivity index (χ1v) is 6.57. The normalized spacial score (nSPS) is 27.2. The van der Waals surface area contributed by atoms with Crippen LogP contribution in [0.5, 0.6) is 0 Å². The molecule has 18 heavy (non-hydrogen) atoms. The molecule has 0 unspecified atom stereocenters. The molecular formula is C13H15Cl2NO2. The second-order valence-corrected chi connectivity index (χ2v) is 5.60. The molecule has 1 fully saturated rings. The molecule has 0 aliphatic carbocycles. The van der Waals surface area contributed by atoms with Crippen molar-refractivity contribution >= 4 is 29.1 Å². The fourth-order valence-electron chi connectivity index (χ4n) is 2.00. The van der Waals surface area contributed by atoms with E-state index in [2.05, 4.69) is 5.32 Å². The molecule has 0 bridgehead atoms. The Morgan fingerprint density at radius 3 is 2.83 bits per heavy atom. The molecule has 3 nitrogen and oxygen atoms in total. The Hall–Kier alpha value is -0.770. The second-order valence-electron chi connectivity index (χ2n) is 4.76. The SMILES string of the molecule is C[C@@H]1OCC[C@]1(C)NC(=O)c1cc(Cl)ccc1Cl. The van der Waals surface area contributed by atoms with Crippen LogP contribution in [0.15, 0.2) is 18.2 Å². The van der Waals surface area contributed by atoms with Crippen LogP contribution in [0.25, 0.3) is 0 Å². The van der Waals surface area contributed by atoms with Crippen LogP contribution < -0.4 is 5.32 Å². The van der Waals surface area contributed by atoms with E-state index >= 15 is 0 Å². The Morgan fingerprint density at radius 1 is 1.50 bits per heavy atom. The Morgan fingerprint density at radius 2 is 2.22 bits per heavy atom. The molecule has 1 aliphatic rings. The molecule has 2 rings (SSSR count). The van der Waals surface area contributed by atoms with Gasteiger partial charge in [-0.05, 0) is 38.5 Å². The molecule has 1 aromatic rings. The second kappa shape index (κ2) is 5.08. The van der Waals surface area contributed by atoms with E-state index in [0.29, 0.717) is 22.2 Å². The Bertz CT molecular complexity index is 478. The van der Waals surface area contributed by atoms with Gasteiger partial charge in [-0.15, -0.1) is 0 Å². The van der Waals surface area contributed by atoms with Gasteiger partial charge in [-0.2, -0.15) is 0 Å². The van der Waals surface area contributed by atoms with Crippen LogP contribution in [-0.4, -0.2) is 24.2 Å². The Labute approximate surface area is 116 Å². The van der Waals surface area contributed by atoms with Crippen LogP contribution in [0.1, 0.15) is 30.6 Å². The average Bonchev–Trinajstić information content (AvgIpc) is 2.62. The lowest BCUT2D eigenvalue weighted by atomic mass is 9.94. The largest absolute Gasteiger partial charge is 0.376 e. The smallest absolute Gasteiger partial charge is 0.253 e. The van der Waals surface area contributed by atoms with E-state index < -0.39 is 0 Å². The highest BCUT2D eigenvalue weighted by atomic mass is 35.5. The summed E-state index contributed by atoms with van der Waals surface area (Å²) in [5.41, 5.74) is 0.0346. The van der Waals surface area contributed by atoms with E-state index in [1.807, 2.05) is 13.8 Å². The highest BCUT2D eigenvalue weighted by Gasteiger charge is 2.38. The van der Waals surface area contributed by atoms with Crippen molar-refractivity contribution in [1.29, 1.82) is 0 Å². The first-order chi connectivity index (χ1) is 8.42. The standard InChI is InChI=1S/C13H15Cl2NO2/c1-8-13(2,5-6-18-8)16-12(17)10-7-9(14)3-4-11(10)15/h3-4,7-8H,5-6H2,1-2H3,(H,16,17)/t8-,13-/m0/s1. The quantitative estimate of drug-likeness (QED) is 0.906. The molecule has 0 spiro atoms. The van der Waals surface area contributed by atoms with Crippen molar-refractivity contribution in [2.24, 2.45) is 0 Å². The van der Waals surface area contributed by atoms with Gasteiger partial charge >= 0.3 is 0 Å². The third kappa shape index (κ3) is 2.63. The summed E-state index contributed by atoms with van der Waals surface area (Å²) in [6.07, 6.45) is 0.775. The minimum absolute atomic E-state index is 0.0144. The van der Waals surface area contributed by atoms with Gasteiger partial charge in [0, 0.05) is 11.6 Å². The molecule has 98 valence electrons. The monoisotopic (exact) mass is 287 g/mol. The number of amides is 1. The predicted octanol–water partition coefficient (Wildman–Crippen LogP) is 3.29. The van der Waals surface area contributed by atoms with Gasteiger partial charge in [-0.25, -0.2) is 0 Å². The molecule has 1 amide bonds. The molecule has 0 aromatic heterocycles. The number of hydrogen-bond donors (Lipinski definition) is 1. The van der Waals surface area contributed by atoms with Crippen LogP contribution in [0, 0.1) is 0 Å². The van der Waals surface area contributed by atoms with E-state index in [1.165, 1.54) is 0 Å². The van der Waals surface area contributed by atoms with Crippen molar-refractivity contribution in [2.75, 3.05) is 6.61 Å². The Kier molecular flexibility index (Phi) is 3.85. The van der Waals surface area contributed by atoms with Gasteiger partial charge in [0.05, 0.1) is 22.2 Å². The van der Waals surface area contributed by atoms with Crippen LogP contribution in [-0.2, 0) is 4.74 Å². The number of carbonyl (C=O) groups is 1. The van der Waals surface area contributed by atoms with Gasteiger partial charge in [0.15, 0.2) is 0 Å². The van der Waals surface area contributed by atoms with Crippen molar-refractivity contribution in [1.82, 2.24) is 5.32 Å². The summed E-state index contributed by atoms with van der Waals surface area (Å²) >= 11 is 11.9. The summed E-state index contributed by atoms with van der Waals surface area (Å²) in [5.74, 6) is -0.220. The topological polar surface area (TPSA) is 38.3 Å². The number of carbonyl (C=O) groups excluding carboxylic acids is 1. The van der Waals surface area contributed by atoms with Gasteiger partial charge in [0.25, 0.3) is 5.91 Å². The van der Waals surface area contributed by atoms with E-state index in [0.717, 1.165) is 6.42 Å². The number of rotatable bonds is 2. The molecule has 0 radical (unpaired) electrons. The third-order valence-corrected chi connectivity index (χ3v) is 4.02. The first kappa shape index (κ1) is 13.7. The molecular weight excluding hydrogens is 273 g/mol. The summed E-state index contributed by atoms with van der Waals surface area (Å²) in [4.78, 5) is 12.2. The fourth-order valence-corrected chi connectivity index (χ4v) is 2.37. The van der Waals surface area contributed by atoms with Crippen LogP contribution in [0.3, 0.4) is 0 Å². The molecule has 1 aliphatic heterocycles. The number of nitrogens with one attached hydrogen (secondary N) is 1. The summed E-state index contributed by atoms with van der Waals surface area (Å²) in [6.45, 7) is 4.58. The fraction of sp³-hybridized carbons (Fsp3) is 0.462. The Balaban J connectivity index is 2.19. The van der Waals surface area contributed by atoms with Gasteiger partial charge in [0.2, 0.25) is 0 Å². The average molecular weight is 288 g/mol. The van der Waals surface area contributed by atoms with E-state index in [-0.39, 0.29) is 17.6 Å². The number of ether oxygens (including phenoxy) is 1. The molecule has 0 saturated carbocycles. The zero-order valence-corrected chi connectivity index (χ0v) is 11.8. The van der Waals surface area contributed by atoms with E-state index in [1.54, 1.807) is 18.2 Å². The lowest BCUT2D eigenvalue weighted by Gasteiger charge is -2.29. The number of hydrogen-bond acceptors (Lipinski definition) is 2. The summed E-state index contributed by atoms with van der Waals surface area (Å²) in [7, 11) is 0. The van der Waals surface area contributed by atoms with Crippen molar-refractivity contribution in [3.8, 4) is 0 Å². The van der Waals surface area contributed by atoms with Gasteiger partial charge in [0.1, 0.15) is 0 Å². The highest BCUT2D eigenvalue weighted by molar-refractivity contribution is 6.35. The molecule has 1 heterocycles. The summed E-state index contributed by atoms with van der Waals surface area (Å²) in [5, 5.41) is 3.87. The lowest BCUT2D eigenvalue weighted by molar-refractivity contribution is 0.0727. The summed E-state index contributed by atoms with van der Waals surface area (Å²) < 4.78 is 5.49. The minimum atomic E-state index is -0.358. The van der Waals surface area contributed by atoms with Gasteiger partial charge in [-0.1, -0.05) is 23.2 Å². The maximum absolute atomic E-state index is 12.2. The zero-order valence-electron chi connectivity index (χ0n) is 10.3. The van der Waals surface area contributed by atoms with Crippen molar-refractivity contribution in [3.63, 3.8) is 0 Å². The molecule has 5 heteroatoms. The van der Waals surface area contributed by atoms with E-state index in [9.17, 15) is 4.79 Å². The lowest BCUT2D eigenvalue weighted by Crippen LogP contribution is -2.50. The maximum Gasteiger partial charge on any atom is 0.253 e. The van der Waals surface area contributed by atoms with Crippen molar-refractivity contribution in [2.45, 2.75) is 31.9 Å². The molecule has 1 aromatic carbocycles. The zero-order chi connectivity index (χ0) is 13.3. The molecule has 1 N–H and O–H groups in total. The molecule has 1 saturated heterocycles. The number of halogens is 2. The predicted molar refractivity (Wildman–Crippen MR) is 72.4 cm³/mol. The van der Waals surface area contributed by atoms with Gasteiger partial charge in [-0.3, -0.25) is 4.79 Å². The third-order valence-electron chi connectivity index (χ3n) is 3.46. The minimum Gasteiger partial charge on any atom is -0.376 e. The first-order valence-electron chi connectivity index (χ1n) is 5.81.